The summed E-state index contributed by atoms with van der Waals surface area (Å²) in [6.45, 7) is 14.4. The lowest BCUT2D eigenvalue weighted by atomic mass is 9.90. The molecule has 4 heterocycles. The number of piperidine rings is 2. The fourth-order valence-corrected chi connectivity index (χ4v) is 6.77. The summed E-state index contributed by atoms with van der Waals surface area (Å²) in [5.74, 6) is 0.257. The van der Waals surface area contributed by atoms with Crippen LogP contribution in [0.5, 0.6) is 0 Å². The van der Waals surface area contributed by atoms with Gasteiger partial charge in [0.15, 0.2) is 0 Å². The lowest BCUT2D eigenvalue weighted by Crippen LogP contribution is -2.55. The van der Waals surface area contributed by atoms with Crippen molar-refractivity contribution in [2.24, 2.45) is 5.92 Å². The number of imide groups is 1. The molecule has 4 aliphatic rings. The van der Waals surface area contributed by atoms with Gasteiger partial charge in [-0.15, -0.1) is 0 Å². The Bertz CT molecular complexity index is 1130. The first kappa shape index (κ1) is 28.6. The van der Waals surface area contributed by atoms with Crippen molar-refractivity contribution in [3.05, 3.63) is 54.1 Å². The van der Waals surface area contributed by atoms with Crippen molar-refractivity contribution in [3.8, 4) is 0 Å². The van der Waals surface area contributed by atoms with Crippen molar-refractivity contribution in [1.82, 2.24) is 14.7 Å². The van der Waals surface area contributed by atoms with Crippen LogP contribution in [0, 0.1) is 5.92 Å². The molecule has 4 fully saturated rings. The molecule has 0 spiro atoms. The second-order valence-electron chi connectivity index (χ2n) is 12.0. The largest absolute Gasteiger partial charge is 0.372 e. The summed E-state index contributed by atoms with van der Waals surface area (Å²) >= 11 is 0. The highest BCUT2D eigenvalue weighted by Gasteiger charge is 2.33. The number of amides is 2. The van der Waals surface area contributed by atoms with Gasteiger partial charge < -0.3 is 9.80 Å². The highest BCUT2D eigenvalue weighted by molar-refractivity contribution is 6.00. The van der Waals surface area contributed by atoms with E-state index in [-0.39, 0.29) is 17.7 Å². The van der Waals surface area contributed by atoms with Crippen LogP contribution in [-0.2, 0) is 9.59 Å². The maximum Gasteiger partial charge on any atom is 0.234 e. The molecule has 2 amide bonds. The third-order valence-corrected chi connectivity index (χ3v) is 9.54. The van der Waals surface area contributed by atoms with E-state index in [1.165, 1.54) is 56.0 Å². The summed E-state index contributed by atoms with van der Waals surface area (Å²) in [4.78, 5) is 31.3. The number of piperazine rings is 1. The molecular formula is C33H48N5O2+. The smallest absolute Gasteiger partial charge is 0.234 e. The van der Waals surface area contributed by atoms with E-state index in [1.54, 1.807) is 0 Å². The highest BCUT2D eigenvalue weighted by Crippen LogP contribution is 2.32. The van der Waals surface area contributed by atoms with Crippen molar-refractivity contribution in [2.75, 3.05) is 75.8 Å². The third kappa shape index (κ3) is 6.36. The molecule has 6 rings (SSSR count). The first-order chi connectivity index (χ1) is 19.5. The maximum atomic E-state index is 12.2. The summed E-state index contributed by atoms with van der Waals surface area (Å²) in [7, 11) is 2.35. The number of nitrogens with zero attached hydrogens (tertiary/aromatic N) is 4. The molecule has 216 valence electrons. The normalized spacial score (nSPS) is 23.6. The van der Waals surface area contributed by atoms with Crippen LogP contribution in [0.1, 0.15) is 57.4 Å². The van der Waals surface area contributed by atoms with Gasteiger partial charge in [0.05, 0.1) is 26.1 Å². The van der Waals surface area contributed by atoms with E-state index in [9.17, 15) is 9.59 Å². The van der Waals surface area contributed by atoms with Gasteiger partial charge >= 0.3 is 0 Å². The molecule has 7 heteroatoms. The Morgan fingerprint density at radius 1 is 0.775 bits per heavy atom. The number of benzene rings is 2. The highest BCUT2D eigenvalue weighted by atomic mass is 16.2. The quantitative estimate of drug-likeness (QED) is 0.424. The minimum absolute atomic E-state index is 0.158. The fraction of sp³-hybridized carbons (Fsp3) is 0.576. The standard InChI is InChI=1S/C31H41N5O2.C2H6/c1-36(21-2-22-36)28-9-7-27(8-10-28)34-15-13-24(14-16-34)23-33-17-19-35(20-18-33)26-5-3-25(4-6-26)29-11-12-30(37)32-31(29)38;1-2/h3-10,24,29H,2,11-23H2,1H3;1-2H3/p+1. The third-order valence-electron chi connectivity index (χ3n) is 9.54. The SMILES string of the molecule is CC.C[N+]1(c2ccc(N3CCC(CN4CCN(c5ccc(C6CCC(=O)NC6=O)cc5)CC4)CC3)cc2)CCC1. The molecule has 0 aliphatic carbocycles. The Morgan fingerprint density at radius 2 is 1.35 bits per heavy atom. The number of rotatable bonds is 6. The van der Waals surface area contributed by atoms with Crippen molar-refractivity contribution in [1.29, 1.82) is 0 Å². The van der Waals surface area contributed by atoms with Crippen LogP contribution >= 0.6 is 0 Å². The number of carbonyl (C=O) groups is 2. The summed E-state index contributed by atoms with van der Waals surface area (Å²) in [6, 6.07) is 17.8. The van der Waals surface area contributed by atoms with Gasteiger partial charge in [0.1, 0.15) is 5.69 Å². The molecule has 2 aromatic carbocycles. The second kappa shape index (κ2) is 12.7. The molecule has 0 radical (unpaired) electrons. The molecule has 0 saturated carbocycles. The lowest BCUT2D eigenvalue weighted by Gasteiger charge is -2.42. The number of hydrogen-bond acceptors (Lipinski definition) is 5. The van der Waals surface area contributed by atoms with Crippen LogP contribution in [0.15, 0.2) is 48.5 Å². The number of anilines is 2. The van der Waals surface area contributed by atoms with Crippen molar-refractivity contribution in [3.63, 3.8) is 0 Å². The Hall–Kier alpha value is -2.90. The average Bonchev–Trinajstić information content (AvgIpc) is 2.98. The summed E-state index contributed by atoms with van der Waals surface area (Å²) in [6.07, 6.45) is 4.92. The van der Waals surface area contributed by atoms with E-state index in [2.05, 4.69) is 75.6 Å². The Kier molecular flexibility index (Phi) is 9.11. The lowest BCUT2D eigenvalue weighted by molar-refractivity contribution is -0.134. The van der Waals surface area contributed by atoms with Crippen LogP contribution < -0.4 is 19.6 Å². The predicted molar refractivity (Wildman–Crippen MR) is 165 cm³/mol. The van der Waals surface area contributed by atoms with Gasteiger partial charge in [0.25, 0.3) is 0 Å². The number of nitrogens with one attached hydrogen (secondary N) is 1. The Labute approximate surface area is 240 Å². The van der Waals surface area contributed by atoms with E-state index in [1.807, 2.05) is 13.8 Å². The van der Waals surface area contributed by atoms with Gasteiger partial charge in [-0.25, -0.2) is 0 Å². The fourth-order valence-electron chi connectivity index (χ4n) is 6.77. The van der Waals surface area contributed by atoms with Crippen molar-refractivity contribution in [2.45, 2.75) is 51.9 Å². The summed E-state index contributed by atoms with van der Waals surface area (Å²) in [5, 5.41) is 2.47. The van der Waals surface area contributed by atoms with E-state index in [4.69, 9.17) is 0 Å². The molecule has 40 heavy (non-hydrogen) atoms. The summed E-state index contributed by atoms with van der Waals surface area (Å²) in [5.41, 5.74) is 5.08. The molecule has 0 bridgehead atoms. The molecule has 7 nitrogen and oxygen atoms in total. The van der Waals surface area contributed by atoms with Crippen LogP contribution in [0.25, 0.3) is 0 Å². The van der Waals surface area contributed by atoms with E-state index in [0.717, 1.165) is 55.2 Å². The van der Waals surface area contributed by atoms with E-state index >= 15 is 0 Å². The van der Waals surface area contributed by atoms with Gasteiger partial charge in [-0.1, -0.05) is 26.0 Å². The van der Waals surface area contributed by atoms with Gasteiger partial charge in [0.2, 0.25) is 11.8 Å². The van der Waals surface area contributed by atoms with Crippen LogP contribution in [-0.4, -0.2) is 82.7 Å². The zero-order chi connectivity index (χ0) is 28.1. The zero-order valence-corrected chi connectivity index (χ0v) is 24.8. The number of likely N-dealkylation sites (tertiary alicyclic amines) is 1. The van der Waals surface area contributed by atoms with Crippen LogP contribution in [0.2, 0.25) is 0 Å². The molecule has 0 aromatic heterocycles. The molecule has 4 aliphatic heterocycles. The molecular weight excluding hydrogens is 498 g/mol. The van der Waals surface area contributed by atoms with E-state index < -0.39 is 0 Å². The van der Waals surface area contributed by atoms with Gasteiger partial charge in [-0.2, -0.15) is 0 Å². The van der Waals surface area contributed by atoms with Gasteiger partial charge in [0, 0.05) is 82.2 Å². The Balaban J connectivity index is 0.00000158. The van der Waals surface area contributed by atoms with Crippen LogP contribution in [0.3, 0.4) is 0 Å². The summed E-state index contributed by atoms with van der Waals surface area (Å²) < 4.78 is 1.10. The molecule has 4 saturated heterocycles. The molecule has 1 N–H and O–H groups in total. The zero-order valence-electron chi connectivity index (χ0n) is 24.8. The minimum Gasteiger partial charge on any atom is -0.372 e. The maximum absolute atomic E-state index is 12.2. The number of hydrogen-bond donors (Lipinski definition) is 1. The predicted octanol–water partition coefficient (Wildman–Crippen LogP) is 4.61. The van der Waals surface area contributed by atoms with E-state index in [0.29, 0.717) is 12.8 Å². The topological polar surface area (TPSA) is 55.9 Å². The van der Waals surface area contributed by atoms with Gasteiger partial charge in [-0.3, -0.25) is 24.3 Å². The molecule has 1 atom stereocenters. The second-order valence-corrected chi connectivity index (χ2v) is 12.0. The number of carbonyl (C=O) groups excluding carboxylic acids is 2. The first-order valence-corrected chi connectivity index (χ1v) is 15.6. The first-order valence-electron chi connectivity index (χ1n) is 15.6. The minimum atomic E-state index is -0.209. The van der Waals surface area contributed by atoms with Gasteiger partial charge in [-0.05, 0) is 55.0 Å². The van der Waals surface area contributed by atoms with Crippen molar-refractivity contribution < 1.29 is 9.59 Å². The average molecular weight is 547 g/mol. The van der Waals surface area contributed by atoms with Crippen LogP contribution in [0.4, 0.5) is 17.1 Å². The Morgan fingerprint density at radius 3 is 1.90 bits per heavy atom. The molecule has 1 unspecified atom stereocenters. The number of quaternary nitrogens is 1. The van der Waals surface area contributed by atoms with Crippen molar-refractivity contribution >= 4 is 28.9 Å². The monoisotopic (exact) mass is 546 g/mol. The molecule has 2 aromatic rings.